The van der Waals surface area contributed by atoms with E-state index in [9.17, 15) is 9.00 Å². The molecule has 140 valence electrons. The molecule has 3 rings (SSSR count). The third-order valence-electron chi connectivity index (χ3n) is 3.85. The Labute approximate surface area is 157 Å². The average Bonchev–Trinajstić information content (AvgIpc) is 3.08. The summed E-state index contributed by atoms with van der Waals surface area (Å²) in [7, 11) is -1.32. The zero-order chi connectivity index (χ0) is 19.4. The Morgan fingerprint density at radius 3 is 2.59 bits per heavy atom. The van der Waals surface area contributed by atoms with Crippen LogP contribution in [0.4, 0.5) is 0 Å². The van der Waals surface area contributed by atoms with Gasteiger partial charge in [0.15, 0.2) is 0 Å². The number of hydrogen-bond donors (Lipinski definition) is 0. The second-order valence-electron chi connectivity index (χ2n) is 5.98. The molecule has 27 heavy (non-hydrogen) atoms. The minimum Gasteiger partial charge on any atom is -0.497 e. The predicted molar refractivity (Wildman–Crippen MR) is 101 cm³/mol. The van der Waals surface area contributed by atoms with Gasteiger partial charge in [-0.3, -0.25) is 4.79 Å². The second kappa shape index (κ2) is 7.71. The zero-order valence-electron chi connectivity index (χ0n) is 15.2. The van der Waals surface area contributed by atoms with E-state index in [0.717, 1.165) is 11.1 Å². The summed E-state index contributed by atoms with van der Waals surface area (Å²) in [4.78, 5) is 16.9. The van der Waals surface area contributed by atoms with Crippen molar-refractivity contribution in [3.8, 4) is 17.1 Å². The standard InChI is InChI=1S/C19H19N3O4S/c1-13-20-19(21-26-13)15-9-7-14(8-10-15)11-18(23)22-27(3,24)17-6-4-5-16(12-17)25-2/h4-10,12H,11H2,1-3H3. The van der Waals surface area contributed by atoms with Crippen LogP contribution in [0.2, 0.25) is 0 Å². The monoisotopic (exact) mass is 385 g/mol. The topological polar surface area (TPSA) is 94.7 Å². The van der Waals surface area contributed by atoms with Gasteiger partial charge in [-0.05, 0) is 23.8 Å². The van der Waals surface area contributed by atoms with Crippen LogP contribution in [0.1, 0.15) is 11.5 Å². The molecule has 0 fully saturated rings. The molecule has 0 bridgehead atoms. The van der Waals surface area contributed by atoms with Gasteiger partial charge >= 0.3 is 0 Å². The van der Waals surface area contributed by atoms with Gasteiger partial charge in [0.1, 0.15) is 5.75 Å². The molecule has 0 aliphatic carbocycles. The number of benzene rings is 2. The molecule has 0 spiro atoms. The molecule has 0 saturated heterocycles. The van der Waals surface area contributed by atoms with Crippen molar-refractivity contribution in [2.24, 2.45) is 4.36 Å². The van der Waals surface area contributed by atoms with Gasteiger partial charge in [0.05, 0.1) is 28.2 Å². The van der Waals surface area contributed by atoms with Gasteiger partial charge in [0, 0.05) is 18.7 Å². The molecule has 8 heteroatoms. The first-order valence-corrected chi connectivity index (χ1v) is 10.1. The van der Waals surface area contributed by atoms with Gasteiger partial charge < -0.3 is 9.26 Å². The van der Waals surface area contributed by atoms with E-state index in [4.69, 9.17) is 9.26 Å². The summed E-state index contributed by atoms with van der Waals surface area (Å²) in [6.07, 6.45) is 1.50. The van der Waals surface area contributed by atoms with Crippen molar-refractivity contribution in [1.82, 2.24) is 10.1 Å². The van der Waals surface area contributed by atoms with Crippen molar-refractivity contribution in [2.45, 2.75) is 18.2 Å². The van der Waals surface area contributed by atoms with E-state index in [2.05, 4.69) is 14.5 Å². The van der Waals surface area contributed by atoms with Crippen LogP contribution >= 0.6 is 0 Å². The Kier molecular flexibility index (Phi) is 5.36. The van der Waals surface area contributed by atoms with Crippen LogP contribution in [0.5, 0.6) is 5.75 Å². The molecule has 2 aromatic carbocycles. The number of carbonyl (C=O) groups excluding carboxylic acids is 1. The first-order valence-electron chi connectivity index (χ1n) is 8.16. The van der Waals surface area contributed by atoms with E-state index in [1.54, 1.807) is 55.5 Å². The number of nitrogens with zero attached hydrogens (tertiary/aromatic N) is 3. The number of amides is 1. The van der Waals surface area contributed by atoms with Gasteiger partial charge in [0.2, 0.25) is 11.7 Å². The summed E-state index contributed by atoms with van der Waals surface area (Å²) in [6, 6.07) is 13.9. The van der Waals surface area contributed by atoms with Gasteiger partial charge in [0.25, 0.3) is 5.91 Å². The number of ether oxygens (including phenoxy) is 1. The van der Waals surface area contributed by atoms with Crippen molar-refractivity contribution in [1.29, 1.82) is 0 Å². The number of aryl methyl sites for hydroxylation is 1. The molecule has 1 aromatic heterocycles. The fraction of sp³-hybridized carbons (Fsp3) is 0.211. The molecule has 3 aromatic rings. The van der Waals surface area contributed by atoms with Gasteiger partial charge in [-0.25, -0.2) is 4.21 Å². The molecule has 0 aliphatic heterocycles. The predicted octanol–water partition coefficient (Wildman–Crippen LogP) is 3.28. The molecule has 1 atom stereocenters. The largest absolute Gasteiger partial charge is 0.497 e. The maximum atomic E-state index is 12.8. The van der Waals surface area contributed by atoms with Crippen LogP contribution in [0, 0.1) is 6.92 Å². The maximum Gasteiger partial charge on any atom is 0.258 e. The molecule has 1 heterocycles. The lowest BCUT2D eigenvalue weighted by atomic mass is 10.1. The number of rotatable bonds is 5. The highest BCUT2D eigenvalue weighted by Crippen LogP contribution is 2.20. The van der Waals surface area contributed by atoms with Crippen LogP contribution in [0.3, 0.4) is 0 Å². The van der Waals surface area contributed by atoms with Crippen LogP contribution in [0.25, 0.3) is 11.4 Å². The first kappa shape index (κ1) is 18.8. The molecule has 7 nitrogen and oxygen atoms in total. The van der Waals surface area contributed by atoms with E-state index in [1.165, 1.54) is 13.4 Å². The van der Waals surface area contributed by atoms with Crippen molar-refractivity contribution in [3.05, 3.63) is 60.0 Å². The summed E-state index contributed by atoms with van der Waals surface area (Å²) in [5.41, 5.74) is 1.55. The fourth-order valence-electron chi connectivity index (χ4n) is 2.48. The third-order valence-corrected chi connectivity index (χ3v) is 5.53. The Hall–Kier alpha value is -3.00. The number of aromatic nitrogens is 2. The van der Waals surface area contributed by atoms with Crippen molar-refractivity contribution >= 4 is 15.6 Å². The summed E-state index contributed by atoms with van der Waals surface area (Å²) in [6.45, 7) is 1.72. The Balaban J connectivity index is 1.76. The molecule has 1 amide bonds. The average molecular weight is 385 g/mol. The summed E-state index contributed by atoms with van der Waals surface area (Å²) in [5, 5.41) is 3.85. The highest BCUT2D eigenvalue weighted by Gasteiger charge is 2.12. The lowest BCUT2D eigenvalue weighted by Crippen LogP contribution is -2.06. The smallest absolute Gasteiger partial charge is 0.258 e. The molecule has 0 aliphatic rings. The van der Waals surface area contributed by atoms with E-state index < -0.39 is 15.6 Å². The van der Waals surface area contributed by atoms with Crippen molar-refractivity contribution in [2.75, 3.05) is 13.4 Å². The summed E-state index contributed by atoms with van der Waals surface area (Å²) >= 11 is 0. The molecule has 0 saturated carbocycles. The Morgan fingerprint density at radius 2 is 1.96 bits per heavy atom. The number of carbonyl (C=O) groups is 1. The molecular weight excluding hydrogens is 366 g/mol. The minimum absolute atomic E-state index is 0.0559. The van der Waals surface area contributed by atoms with Crippen LogP contribution in [-0.2, 0) is 20.9 Å². The summed E-state index contributed by atoms with van der Waals surface area (Å²) in [5.74, 6) is 1.09. The van der Waals surface area contributed by atoms with E-state index in [1.807, 2.05) is 0 Å². The second-order valence-corrected chi connectivity index (χ2v) is 8.24. The molecular formula is C19H19N3O4S. The van der Waals surface area contributed by atoms with Crippen molar-refractivity contribution < 1.29 is 18.3 Å². The fourth-order valence-corrected chi connectivity index (χ4v) is 3.70. The normalized spacial score (nSPS) is 13.0. The zero-order valence-corrected chi connectivity index (χ0v) is 16.0. The quantitative estimate of drug-likeness (QED) is 0.669. The SMILES string of the molecule is COc1cccc(S(C)(=O)=NC(=O)Cc2ccc(-c3noc(C)n3)cc2)c1. The molecule has 0 radical (unpaired) electrons. The van der Waals surface area contributed by atoms with E-state index >= 15 is 0 Å². The highest BCUT2D eigenvalue weighted by atomic mass is 32.2. The van der Waals surface area contributed by atoms with Crippen LogP contribution in [-0.4, -0.2) is 33.6 Å². The molecule has 1 unspecified atom stereocenters. The Bertz CT molecular complexity index is 1080. The lowest BCUT2D eigenvalue weighted by Gasteiger charge is -2.06. The molecule has 0 N–H and O–H groups in total. The number of methoxy groups -OCH3 is 1. The van der Waals surface area contributed by atoms with Gasteiger partial charge in [-0.1, -0.05) is 35.5 Å². The van der Waals surface area contributed by atoms with Crippen LogP contribution in [0.15, 0.2) is 62.3 Å². The van der Waals surface area contributed by atoms with Gasteiger partial charge in [-0.15, -0.1) is 0 Å². The first-order chi connectivity index (χ1) is 12.9. The lowest BCUT2D eigenvalue weighted by molar-refractivity contribution is -0.117. The number of hydrogen-bond acceptors (Lipinski definition) is 6. The van der Waals surface area contributed by atoms with Gasteiger partial charge in [-0.2, -0.15) is 9.35 Å². The minimum atomic E-state index is -2.85. The Morgan fingerprint density at radius 1 is 1.22 bits per heavy atom. The van der Waals surface area contributed by atoms with E-state index in [0.29, 0.717) is 22.4 Å². The third kappa shape index (κ3) is 4.59. The maximum absolute atomic E-state index is 12.8. The van der Waals surface area contributed by atoms with Crippen LogP contribution < -0.4 is 4.74 Å². The summed E-state index contributed by atoms with van der Waals surface area (Å²) < 4.78 is 26.8. The highest BCUT2D eigenvalue weighted by molar-refractivity contribution is 7.93. The van der Waals surface area contributed by atoms with E-state index in [-0.39, 0.29) is 6.42 Å². The van der Waals surface area contributed by atoms with Crippen molar-refractivity contribution in [3.63, 3.8) is 0 Å².